The van der Waals surface area contributed by atoms with E-state index in [1.54, 1.807) is 0 Å². The third-order valence-corrected chi connectivity index (χ3v) is 5.20. The molecule has 0 aromatic heterocycles. The predicted molar refractivity (Wildman–Crippen MR) is 156 cm³/mol. The zero-order valence-electron chi connectivity index (χ0n) is 25.2. The van der Waals surface area contributed by atoms with Crippen LogP contribution in [0.2, 0.25) is 0 Å². The lowest BCUT2D eigenvalue weighted by molar-refractivity contribution is 0.156. The van der Waals surface area contributed by atoms with Gasteiger partial charge < -0.3 is 21.7 Å². The van der Waals surface area contributed by atoms with Crippen molar-refractivity contribution in [2.24, 2.45) is 11.8 Å². The lowest BCUT2D eigenvalue weighted by Gasteiger charge is -2.33. The minimum absolute atomic E-state index is 0. The fourth-order valence-electron chi connectivity index (χ4n) is 3.76. The summed E-state index contributed by atoms with van der Waals surface area (Å²) in [7, 11) is 3.75. The van der Waals surface area contributed by atoms with E-state index in [4.69, 9.17) is 0 Å². The van der Waals surface area contributed by atoms with Gasteiger partial charge in [0.15, 0.2) is 0 Å². The standard InChI is InChI=1S/C22H48N2.C2H7N.2C2H6.H3N.H2/c1-8-21(9-2)23-15-13-11-12-14-16-24(10-3)22(17-19(4)5)18-20(6)7;1-3-2;2*1-2;;/h19-23H,8-18H2,1-7H3;3H,1-2H3;2*1-2H3;1H3;1H. The summed E-state index contributed by atoms with van der Waals surface area (Å²) in [4.78, 5) is 2.75. The van der Waals surface area contributed by atoms with Gasteiger partial charge in [0.25, 0.3) is 0 Å². The van der Waals surface area contributed by atoms with Crippen LogP contribution in [0.25, 0.3) is 0 Å². The average Bonchev–Trinajstić information content (AvgIpc) is 2.75. The van der Waals surface area contributed by atoms with E-state index >= 15 is 0 Å². The number of rotatable bonds is 16. The molecule has 0 fully saturated rings. The summed E-state index contributed by atoms with van der Waals surface area (Å²) in [5.41, 5.74) is 0. The molecule has 0 saturated carbocycles. The number of hydrogen-bond donors (Lipinski definition) is 3. The van der Waals surface area contributed by atoms with Gasteiger partial charge in [-0.3, -0.25) is 0 Å². The van der Waals surface area contributed by atoms with E-state index in [-0.39, 0.29) is 7.58 Å². The Kier molecular flexibility index (Phi) is 46.5. The van der Waals surface area contributed by atoms with Gasteiger partial charge in [0.05, 0.1) is 0 Å². The second kappa shape index (κ2) is 35.4. The first-order valence-electron chi connectivity index (χ1n) is 13.9. The van der Waals surface area contributed by atoms with Crippen LogP contribution in [0.3, 0.4) is 0 Å². The zero-order valence-corrected chi connectivity index (χ0v) is 25.2. The molecule has 0 spiro atoms. The Morgan fingerprint density at radius 1 is 0.719 bits per heavy atom. The van der Waals surface area contributed by atoms with E-state index in [1.165, 1.54) is 71.0 Å². The molecule has 0 bridgehead atoms. The third kappa shape index (κ3) is 32.0. The highest BCUT2D eigenvalue weighted by Crippen LogP contribution is 2.20. The maximum Gasteiger partial charge on any atom is 0.01000 e. The molecule has 0 unspecified atom stereocenters. The van der Waals surface area contributed by atoms with Crippen LogP contribution in [0.5, 0.6) is 0 Å². The number of unbranched alkanes of at least 4 members (excludes halogenated alkanes) is 3. The molecular weight excluding hydrogens is 392 g/mol. The van der Waals surface area contributed by atoms with Gasteiger partial charge in [-0.25, -0.2) is 0 Å². The van der Waals surface area contributed by atoms with E-state index < -0.39 is 0 Å². The average molecular weight is 465 g/mol. The van der Waals surface area contributed by atoms with Gasteiger partial charge >= 0.3 is 0 Å². The molecule has 4 nitrogen and oxygen atoms in total. The van der Waals surface area contributed by atoms with Crippen molar-refractivity contribution in [1.82, 2.24) is 21.7 Å². The second-order valence-electron chi connectivity index (χ2n) is 8.92. The van der Waals surface area contributed by atoms with Gasteiger partial charge in [-0.05, 0) is 84.1 Å². The summed E-state index contributed by atoms with van der Waals surface area (Å²) in [6.45, 7) is 28.1. The zero-order chi connectivity index (χ0) is 25.1. The maximum atomic E-state index is 3.68. The van der Waals surface area contributed by atoms with Crippen molar-refractivity contribution in [3.8, 4) is 0 Å². The van der Waals surface area contributed by atoms with E-state index in [2.05, 4.69) is 64.0 Å². The van der Waals surface area contributed by atoms with Gasteiger partial charge in [-0.1, -0.05) is 89.0 Å². The molecule has 4 heteroatoms. The van der Waals surface area contributed by atoms with Crippen molar-refractivity contribution in [3.63, 3.8) is 0 Å². The smallest absolute Gasteiger partial charge is 0.01000 e. The fraction of sp³-hybridized carbons (Fsp3) is 1.00. The van der Waals surface area contributed by atoms with Crippen molar-refractivity contribution >= 4 is 0 Å². The molecule has 5 N–H and O–H groups in total. The first-order chi connectivity index (χ1) is 14.9. The Bertz CT molecular complexity index is 275. The Morgan fingerprint density at radius 3 is 1.47 bits per heavy atom. The van der Waals surface area contributed by atoms with Crippen LogP contribution < -0.4 is 16.8 Å². The highest BCUT2D eigenvalue weighted by Gasteiger charge is 2.19. The van der Waals surface area contributed by atoms with E-state index in [1.807, 2.05) is 41.8 Å². The largest absolute Gasteiger partial charge is 0.344 e. The topological polar surface area (TPSA) is 62.3 Å². The number of nitrogens with one attached hydrogen (secondary N) is 2. The van der Waals surface area contributed by atoms with Gasteiger partial charge in [0.1, 0.15) is 0 Å². The quantitative estimate of drug-likeness (QED) is 0.201. The summed E-state index contributed by atoms with van der Waals surface area (Å²) in [6.07, 6.45) is 10.7. The van der Waals surface area contributed by atoms with Crippen molar-refractivity contribution in [3.05, 3.63) is 0 Å². The Labute approximate surface area is 208 Å². The molecule has 0 amide bonds. The summed E-state index contributed by atoms with van der Waals surface area (Å²) < 4.78 is 0. The van der Waals surface area contributed by atoms with Gasteiger partial charge in [0.2, 0.25) is 0 Å². The first kappa shape index (κ1) is 42.0. The van der Waals surface area contributed by atoms with Crippen molar-refractivity contribution < 1.29 is 1.43 Å². The van der Waals surface area contributed by atoms with Crippen LogP contribution in [-0.4, -0.2) is 50.7 Å². The Balaban J connectivity index is -0.000000181. The van der Waals surface area contributed by atoms with Crippen molar-refractivity contribution in [1.29, 1.82) is 0 Å². The molecule has 0 aliphatic rings. The van der Waals surface area contributed by atoms with Crippen LogP contribution in [0.1, 0.15) is 129 Å². The number of nitrogens with zero attached hydrogens (tertiary/aromatic N) is 1. The first-order valence-corrected chi connectivity index (χ1v) is 13.9. The Morgan fingerprint density at radius 2 is 1.12 bits per heavy atom. The fourth-order valence-corrected chi connectivity index (χ4v) is 3.76. The van der Waals surface area contributed by atoms with Crippen LogP contribution >= 0.6 is 0 Å². The second-order valence-corrected chi connectivity index (χ2v) is 8.92. The third-order valence-electron chi connectivity index (χ3n) is 5.20. The van der Waals surface area contributed by atoms with Gasteiger partial charge in [-0.15, -0.1) is 0 Å². The molecule has 0 aromatic rings. The van der Waals surface area contributed by atoms with Crippen LogP contribution in [0.15, 0.2) is 0 Å². The van der Waals surface area contributed by atoms with Gasteiger partial charge in [-0.2, -0.15) is 0 Å². The molecule has 0 aliphatic heterocycles. The minimum Gasteiger partial charge on any atom is -0.344 e. The van der Waals surface area contributed by atoms with Crippen molar-refractivity contribution in [2.45, 2.75) is 140 Å². The monoisotopic (exact) mass is 465 g/mol. The molecule has 0 saturated heterocycles. The molecule has 0 aliphatic carbocycles. The lowest BCUT2D eigenvalue weighted by atomic mass is 9.94. The highest BCUT2D eigenvalue weighted by molar-refractivity contribution is 4.74. The lowest BCUT2D eigenvalue weighted by Crippen LogP contribution is -2.38. The molecular formula is C28H72N4. The summed E-state index contributed by atoms with van der Waals surface area (Å²) >= 11 is 0. The summed E-state index contributed by atoms with van der Waals surface area (Å²) in [5.74, 6) is 1.61. The normalized spacial score (nSPS) is 10.3. The Hall–Kier alpha value is -0.160. The van der Waals surface area contributed by atoms with E-state index in [0.29, 0.717) is 0 Å². The molecule has 0 aromatic carbocycles. The molecule has 0 atom stereocenters. The van der Waals surface area contributed by atoms with E-state index in [0.717, 1.165) is 23.9 Å². The molecule has 0 radical (unpaired) electrons. The van der Waals surface area contributed by atoms with Crippen LogP contribution in [0, 0.1) is 11.8 Å². The molecule has 0 rings (SSSR count). The highest BCUT2D eigenvalue weighted by atomic mass is 15.1. The maximum absolute atomic E-state index is 3.68. The van der Waals surface area contributed by atoms with Crippen molar-refractivity contribution in [2.75, 3.05) is 33.7 Å². The predicted octanol–water partition coefficient (Wildman–Crippen LogP) is 8.40. The summed E-state index contributed by atoms with van der Waals surface area (Å²) in [6, 6.07) is 1.51. The van der Waals surface area contributed by atoms with Gasteiger partial charge in [0, 0.05) is 13.5 Å². The molecule has 32 heavy (non-hydrogen) atoms. The number of hydrogen-bond acceptors (Lipinski definition) is 4. The SMILES string of the molecule is CC.CC.CCC(CC)NCCCCCCN(CC)C(CC(C)C)CC(C)C.CNC.N.[HH]. The minimum atomic E-state index is 0. The van der Waals surface area contributed by atoms with Crippen LogP contribution in [-0.2, 0) is 0 Å². The summed E-state index contributed by atoms with van der Waals surface area (Å²) in [5, 5.41) is 6.43. The van der Waals surface area contributed by atoms with E-state index in [9.17, 15) is 0 Å². The molecule has 0 heterocycles. The van der Waals surface area contributed by atoms with Crippen LogP contribution in [0.4, 0.5) is 0 Å². The molecule has 204 valence electrons.